The number of carbonyl (C=O) groups excluding carboxylic acids is 1. The molecule has 4 aromatic rings. The van der Waals surface area contributed by atoms with E-state index >= 15 is 0 Å². The molecule has 3 heterocycles. The van der Waals surface area contributed by atoms with Gasteiger partial charge in [-0.2, -0.15) is 5.10 Å². The molecule has 204 valence electrons. The number of carbonyl (C=O) groups is 1. The summed E-state index contributed by atoms with van der Waals surface area (Å²) in [7, 11) is 0. The lowest BCUT2D eigenvalue weighted by Crippen LogP contribution is -2.42. The second-order valence-electron chi connectivity index (χ2n) is 11.0. The Morgan fingerprint density at radius 1 is 1.05 bits per heavy atom. The van der Waals surface area contributed by atoms with Crippen LogP contribution in [-0.2, 0) is 11.2 Å². The van der Waals surface area contributed by atoms with E-state index in [2.05, 4.69) is 0 Å². The number of halogens is 1. The van der Waals surface area contributed by atoms with E-state index in [0.717, 1.165) is 11.3 Å². The standard InChI is InChI=1S/C29H33FN6O3/c1-17-15-22(16-18(2)25(17)30)36-26(35-14-13-34(27(35)37)21-9-7-20(31)8-10-21)24-19(3)33(12-11-23(24)32-36)28(38)39-29(4,5)6/h7-10,13-16,19H,11-12,31H2,1-6H3/t19-/m0/s1. The van der Waals surface area contributed by atoms with Crippen molar-refractivity contribution in [3.63, 3.8) is 0 Å². The largest absolute Gasteiger partial charge is 0.444 e. The molecule has 2 N–H and O–H groups in total. The molecule has 0 unspecified atom stereocenters. The lowest BCUT2D eigenvalue weighted by atomic mass is 10.00. The maximum atomic E-state index is 14.5. The van der Waals surface area contributed by atoms with Crippen molar-refractivity contribution in [2.75, 3.05) is 12.3 Å². The quantitative estimate of drug-likeness (QED) is 0.374. The van der Waals surface area contributed by atoms with E-state index in [-0.39, 0.29) is 11.5 Å². The van der Waals surface area contributed by atoms with Crippen molar-refractivity contribution in [2.24, 2.45) is 0 Å². The van der Waals surface area contributed by atoms with Crippen LogP contribution >= 0.6 is 0 Å². The monoisotopic (exact) mass is 532 g/mol. The third-order valence-corrected chi connectivity index (χ3v) is 6.92. The molecule has 0 spiro atoms. The molecule has 39 heavy (non-hydrogen) atoms. The lowest BCUT2D eigenvalue weighted by Gasteiger charge is -2.34. The van der Waals surface area contributed by atoms with Gasteiger partial charge in [-0.1, -0.05) is 0 Å². The average molecular weight is 533 g/mol. The first-order valence-corrected chi connectivity index (χ1v) is 12.9. The second-order valence-corrected chi connectivity index (χ2v) is 11.0. The Morgan fingerprint density at radius 3 is 2.28 bits per heavy atom. The summed E-state index contributed by atoms with van der Waals surface area (Å²) < 4.78 is 24.9. The Hall–Kier alpha value is -4.34. The van der Waals surface area contributed by atoms with Crippen LogP contribution < -0.4 is 11.4 Å². The lowest BCUT2D eigenvalue weighted by molar-refractivity contribution is 0.0159. The van der Waals surface area contributed by atoms with Crippen LogP contribution in [0.4, 0.5) is 14.9 Å². The molecule has 0 fully saturated rings. The smallest absolute Gasteiger partial charge is 0.410 e. The van der Waals surface area contributed by atoms with E-state index in [9.17, 15) is 14.0 Å². The molecule has 0 bridgehead atoms. The predicted molar refractivity (Wildman–Crippen MR) is 147 cm³/mol. The fourth-order valence-corrected chi connectivity index (χ4v) is 5.05. The molecule has 1 aliphatic heterocycles. The third-order valence-electron chi connectivity index (χ3n) is 6.92. The number of fused-ring (bicyclic) bond motifs is 1. The van der Waals surface area contributed by atoms with Gasteiger partial charge < -0.3 is 15.4 Å². The van der Waals surface area contributed by atoms with Crippen LogP contribution in [0, 0.1) is 19.7 Å². The minimum Gasteiger partial charge on any atom is -0.444 e. The summed E-state index contributed by atoms with van der Waals surface area (Å²) in [6, 6.07) is 10.00. The first-order chi connectivity index (χ1) is 18.4. The summed E-state index contributed by atoms with van der Waals surface area (Å²) in [5.41, 5.74) is 9.19. The molecular weight excluding hydrogens is 499 g/mol. The van der Waals surface area contributed by atoms with Crippen molar-refractivity contribution in [1.82, 2.24) is 23.8 Å². The van der Waals surface area contributed by atoms with E-state index in [1.165, 1.54) is 9.13 Å². The molecule has 0 saturated heterocycles. The molecule has 0 saturated carbocycles. The number of nitrogens with two attached hydrogens (primary N) is 1. The zero-order chi connectivity index (χ0) is 28.2. The topological polar surface area (TPSA) is 100 Å². The number of nitrogen functional groups attached to an aromatic ring is 1. The Morgan fingerprint density at radius 2 is 1.67 bits per heavy atom. The third kappa shape index (κ3) is 4.71. The number of aryl methyl sites for hydroxylation is 2. The van der Waals surface area contributed by atoms with E-state index in [1.54, 1.807) is 72.2 Å². The fraction of sp³-hybridized carbons (Fsp3) is 0.345. The molecule has 2 aromatic carbocycles. The van der Waals surface area contributed by atoms with Gasteiger partial charge >= 0.3 is 11.8 Å². The minimum atomic E-state index is -0.652. The average Bonchev–Trinajstić information content (AvgIpc) is 3.42. The number of aromatic nitrogens is 4. The van der Waals surface area contributed by atoms with Crippen molar-refractivity contribution >= 4 is 11.8 Å². The van der Waals surface area contributed by atoms with Gasteiger partial charge in [0.1, 0.15) is 17.2 Å². The predicted octanol–water partition coefficient (Wildman–Crippen LogP) is 5.01. The highest BCUT2D eigenvalue weighted by Crippen LogP contribution is 2.36. The molecule has 0 radical (unpaired) electrons. The van der Waals surface area contributed by atoms with Gasteiger partial charge in [-0.3, -0.25) is 9.13 Å². The summed E-state index contributed by atoms with van der Waals surface area (Å²) in [5, 5.41) is 4.89. The normalized spacial score (nSPS) is 15.4. The maximum absolute atomic E-state index is 14.5. The van der Waals surface area contributed by atoms with Crippen LogP contribution in [0.25, 0.3) is 17.2 Å². The summed E-state index contributed by atoms with van der Waals surface area (Å²) in [6.07, 6.45) is 3.40. The molecule has 2 aromatic heterocycles. The Kier molecular flexibility index (Phi) is 6.36. The number of ether oxygens (including phenoxy) is 1. The molecule has 9 nitrogen and oxygen atoms in total. The number of benzene rings is 2. The van der Waals surface area contributed by atoms with Gasteiger partial charge in [0, 0.05) is 36.6 Å². The van der Waals surface area contributed by atoms with Crippen LogP contribution in [0.3, 0.4) is 0 Å². The molecule has 1 amide bonds. The summed E-state index contributed by atoms with van der Waals surface area (Å²) in [4.78, 5) is 28.6. The maximum Gasteiger partial charge on any atom is 0.410 e. The first kappa shape index (κ1) is 26.3. The number of nitrogens with zero attached hydrogens (tertiary/aromatic N) is 5. The van der Waals surface area contributed by atoms with Gasteiger partial charge in [0.15, 0.2) is 0 Å². The van der Waals surface area contributed by atoms with Gasteiger partial charge in [0.2, 0.25) is 0 Å². The van der Waals surface area contributed by atoms with Crippen molar-refractivity contribution < 1.29 is 13.9 Å². The fourth-order valence-electron chi connectivity index (χ4n) is 5.05. The van der Waals surface area contributed by atoms with Crippen LogP contribution in [0.1, 0.15) is 56.1 Å². The van der Waals surface area contributed by atoms with Crippen LogP contribution in [0.15, 0.2) is 53.6 Å². The van der Waals surface area contributed by atoms with Gasteiger partial charge in [0.05, 0.1) is 23.1 Å². The van der Waals surface area contributed by atoms with Crippen LogP contribution in [0.2, 0.25) is 0 Å². The van der Waals surface area contributed by atoms with Crippen molar-refractivity contribution in [3.05, 3.63) is 87.5 Å². The van der Waals surface area contributed by atoms with E-state index in [1.807, 2.05) is 27.7 Å². The number of hydrogen-bond donors (Lipinski definition) is 1. The Balaban J connectivity index is 1.71. The SMILES string of the molecule is Cc1cc(-n2nc3c(c2-n2ccn(-c4ccc(N)cc4)c2=O)[C@H](C)N(C(=O)OC(C)(C)C)CC3)cc(C)c1F. The van der Waals surface area contributed by atoms with E-state index in [0.29, 0.717) is 47.0 Å². The molecule has 0 aliphatic carbocycles. The van der Waals surface area contributed by atoms with Gasteiger partial charge in [0.25, 0.3) is 0 Å². The highest BCUT2D eigenvalue weighted by Gasteiger charge is 2.37. The summed E-state index contributed by atoms with van der Waals surface area (Å²) in [5.74, 6) is 0.212. The van der Waals surface area contributed by atoms with Crippen LogP contribution in [-0.4, -0.2) is 42.1 Å². The van der Waals surface area contributed by atoms with Gasteiger partial charge in [-0.05, 0) is 89.1 Å². The molecule has 1 atom stereocenters. The van der Waals surface area contributed by atoms with Crippen molar-refractivity contribution in [3.8, 4) is 17.2 Å². The van der Waals surface area contributed by atoms with E-state index < -0.39 is 17.7 Å². The zero-order valence-corrected chi connectivity index (χ0v) is 23.0. The Labute approximate surface area is 226 Å². The van der Waals surface area contributed by atoms with Gasteiger partial charge in [-0.15, -0.1) is 0 Å². The summed E-state index contributed by atoms with van der Waals surface area (Å²) >= 11 is 0. The molecule has 10 heteroatoms. The van der Waals surface area contributed by atoms with Crippen molar-refractivity contribution in [1.29, 1.82) is 0 Å². The number of anilines is 1. The Bertz CT molecular complexity index is 1600. The number of rotatable bonds is 3. The number of hydrogen-bond acceptors (Lipinski definition) is 5. The summed E-state index contributed by atoms with van der Waals surface area (Å²) in [6.45, 7) is 11.2. The zero-order valence-electron chi connectivity index (χ0n) is 23.0. The molecular formula is C29H33FN6O3. The second kappa shape index (κ2) is 9.44. The number of amides is 1. The van der Waals surface area contributed by atoms with Crippen molar-refractivity contribution in [2.45, 2.75) is 59.6 Å². The molecule has 1 aliphatic rings. The highest BCUT2D eigenvalue weighted by atomic mass is 19.1. The number of imidazole rings is 1. The minimum absolute atomic E-state index is 0.284. The van der Waals surface area contributed by atoms with Crippen LogP contribution in [0.5, 0.6) is 0 Å². The molecule has 5 rings (SSSR count). The highest BCUT2D eigenvalue weighted by molar-refractivity contribution is 5.70. The van der Waals surface area contributed by atoms with E-state index in [4.69, 9.17) is 15.6 Å². The first-order valence-electron chi connectivity index (χ1n) is 12.9. The van der Waals surface area contributed by atoms with Gasteiger partial charge in [-0.25, -0.2) is 18.7 Å².